The van der Waals surface area contributed by atoms with Crippen molar-refractivity contribution in [1.29, 1.82) is 0 Å². The number of guanidine groups is 1. The molecule has 19 heavy (non-hydrogen) atoms. The quantitative estimate of drug-likeness (QED) is 0.630. The number of hydrogen-bond acceptors (Lipinski definition) is 2. The zero-order chi connectivity index (χ0) is 13.7. The Morgan fingerprint density at radius 1 is 1.21 bits per heavy atom. The van der Waals surface area contributed by atoms with E-state index in [4.69, 9.17) is 11.5 Å². The van der Waals surface area contributed by atoms with Crippen molar-refractivity contribution >= 4 is 11.9 Å². The second kappa shape index (κ2) is 6.22. The minimum atomic E-state index is -0.421. The lowest BCUT2D eigenvalue weighted by Crippen LogP contribution is -2.40. The van der Waals surface area contributed by atoms with Gasteiger partial charge in [0.05, 0.1) is 6.54 Å². The molecule has 1 aliphatic heterocycles. The topological polar surface area (TPSA) is 84.7 Å². The number of likely N-dealkylation sites (tertiary alicyclic amines) is 1. The minimum absolute atomic E-state index is 0.421. The van der Waals surface area contributed by atoms with Crippen LogP contribution in [0.25, 0.3) is 0 Å². The van der Waals surface area contributed by atoms with Crippen molar-refractivity contribution in [3.05, 3.63) is 35.4 Å². The van der Waals surface area contributed by atoms with Crippen molar-refractivity contribution < 1.29 is 4.79 Å². The number of piperidine rings is 1. The highest BCUT2D eigenvalue weighted by Crippen LogP contribution is 2.09. The average molecular weight is 260 g/mol. The third-order valence-electron chi connectivity index (χ3n) is 3.32. The van der Waals surface area contributed by atoms with Gasteiger partial charge in [-0.25, -0.2) is 4.99 Å². The number of benzene rings is 1. The van der Waals surface area contributed by atoms with Crippen molar-refractivity contribution in [2.24, 2.45) is 16.5 Å². The molecule has 1 amide bonds. The van der Waals surface area contributed by atoms with Crippen LogP contribution in [0.1, 0.15) is 35.2 Å². The highest BCUT2D eigenvalue weighted by atomic mass is 16.1. The summed E-state index contributed by atoms with van der Waals surface area (Å²) >= 11 is 0. The fraction of sp³-hybridized carbons (Fsp3) is 0.429. The van der Waals surface area contributed by atoms with Crippen LogP contribution in [-0.4, -0.2) is 29.9 Å². The largest absolute Gasteiger partial charge is 0.370 e. The van der Waals surface area contributed by atoms with Crippen molar-refractivity contribution in [3.8, 4) is 0 Å². The number of amides is 1. The molecule has 1 fully saturated rings. The van der Waals surface area contributed by atoms with Crippen LogP contribution < -0.4 is 11.5 Å². The Kier molecular flexibility index (Phi) is 4.39. The molecule has 1 heterocycles. The maximum Gasteiger partial charge on any atom is 0.248 e. The van der Waals surface area contributed by atoms with E-state index in [-0.39, 0.29) is 0 Å². The molecule has 0 unspecified atom stereocenters. The van der Waals surface area contributed by atoms with Gasteiger partial charge in [0.1, 0.15) is 0 Å². The zero-order valence-corrected chi connectivity index (χ0v) is 11.0. The molecule has 0 radical (unpaired) electrons. The molecule has 0 atom stereocenters. The number of aliphatic imine (C=N–C) groups is 1. The van der Waals surface area contributed by atoms with Crippen molar-refractivity contribution in [2.45, 2.75) is 25.8 Å². The molecule has 5 nitrogen and oxygen atoms in total. The number of primary amides is 1. The maximum absolute atomic E-state index is 11.1. The summed E-state index contributed by atoms with van der Waals surface area (Å²) in [5.41, 5.74) is 12.7. The van der Waals surface area contributed by atoms with E-state index in [1.165, 1.54) is 19.3 Å². The molecule has 2 rings (SSSR count). The molecular weight excluding hydrogens is 240 g/mol. The van der Waals surface area contributed by atoms with Crippen LogP contribution in [0, 0.1) is 0 Å². The fourth-order valence-corrected chi connectivity index (χ4v) is 2.22. The molecule has 1 aromatic rings. The van der Waals surface area contributed by atoms with Crippen LogP contribution in [-0.2, 0) is 6.54 Å². The third kappa shape index (κ3) is 3.71. The van der Waals surface area contributed by atoms with E-state index in [0.717, 1.165) is 18.7 Å². The first-order chi connectivity index (χ1) is 9.16. The van der Waals surface area contributed by atoms with Crippen LogP contribution in [0.15, 0.2) is 29.3 Å². The second-order valence-electron chi connectivity index (χ2n) is 4.79. The van der Waals surface area contributed by atoms with E-state index in [0.29, 0.717) is 18.1 Å². The summed E-state index contributed by atoms with van der Waals surface area (Å²) in [4.78, 5) is 17.6. The van der Waals surface area contributed by atoms with Gasteiger partial charge >= 0.3 is 0 Å². The van der Waals surface area contributed by atoms with E-state index >= 15 is 0 Å². The van der Waals surface area contributed by atoms with Gasteiger partial charge in [0.2, 0.25) is 5.91 Å². The summed E-state index contributed by atoms with van der Waals surface area (Å²) in [6, 6.07) is 7.18. The van der Waals surface area contributed by atoms with E-state index in [2.05, 4.69) is 9.89 Å². The molecule has 0 spiro atoms. The Hall–Kier alpha value is -2.04. The van der Waals surface area contributed by atoms with Crippen molar-refractivity contribution in [1.82, 2.24) is 4.90 Å². The number of nitrogens with zero attached hydrogens (tertiary/aromatic N) is 2. The van der Waals surface area contributed by atoms with Gasteiger partial charge in [-0.1, -0.05) is 12.1 Å². The fourth-order valence-electron chi connectivity index (χ4n) is 2.22. The lowest BCUT2D eigenvalue weighted by molar-refractivity contribution is 0.1000. The Morgan fingerprint density at radius 3 is 2.63 bits per heavy atom. The average Bonchev–Trinajstić information content (AvgIpc) is 2.46. The third-order valence-corrected chi connectivity index (χ3v) is 3.32. The Labute approximate surface area is 113 Å². The zero-order valence-electron chi connectivity index (χ0n) is 11.0. The van der Waals surface area contributed by atoms with Crippen LogP contribution >= 0.6 is 0 Å². The summed E-state index contributed by atoms with van der Waals surface area (Å²) in [6.07, 6.45) is 3.62. The van der Waals surface area contributed by atoms with Crippen LogP contribution in [0.3, 0.4) is 0 Å². The SMILES string of the molecule is NC(=O)c1cccc(CN=C(N)N2CCCCC2)c1. The maximum atomic E-state index is 11.1. The van der Waals surface area contributed by atoms with Gasteiger partial charge in [0.25, 0.3) is 0 Å². The molecule has 0 bridgehead atoms. The van der Waals surface area contributed by atoms with Gasteiger partial charge in [-0.3, -0.25) is 4.79 Å². The molecule has 0 aromatic heterocycles. The van der Waals surface area contributed by atoms with E-state index in [1.54, 1.807) is 12.1 Å². The predicted octanol–water partition coefficient (Wildman–Crippen LogP) is 1.09. The molecule has 1 aliphatic rings. The second-order valence-corrected chi connectivity index (χ2v) is 4.79. The summed E-state index contributed by atoms with van der Waals surface area (Å²) in [7, 11) is 0. The normalized spacial score (nSPS) is 16.4. The summed E-state index contributed by atoms with van der Waals surface area (Å²) in [6.45, 7) is 2.44. The summed E-state index contributed by atoms with van der Waals surface area (Å²) in [5.74, 6) is 0.166. The van der Waals surface area contributed by atoms with Crippen LogP contribution in [0.2, 0.25) is 0 Å². The molecule has 0 aliphatic carbocycles. The molecular formula is C14H20N4O. The Balaban J connectivity index is 2.00. The summed E-state index contributed by atoms with van der Waals surface area (Å²) in [5, 5.41) is 0. The predicted molar refractivity (Wildman–Crippen MR) is 75.7 cm³/mol. The molecule has 4 N–H and O–H groups in total. The van der Waals surface area contributed by atoms with Gasteiger partial charge in [-0.15, -0.1) is 0 Å². The number of rotatable bonds is 3. The first-order valence-corrected chi connectivity index (χ1v) is 6.60. The smallest absolute Gasteiger partial charge is 0.248 e. The Morgan fingerprint density at radius 2 is 1.95 bits per heavy atom. The summed E-state index contributed by atoms with van der Waals surface area (Å²) < 4.78 is 0. The van der Waals surface area contributed by atoms with Crippen molar-refractivity contribution in [2.75, 3.05) is 13.1 Å². The van der Waals surface area contributed by atoms with Crippen molar-refractivity contribution in [3.63, 3.8) is 0 Å². The van der Waals surface area contributed by atoms with E-state index in [9.17, 15) is 4.79 Å². The molecule has 102 valence electrons. The van der Waals surface area contributed by atoms with E-state index < -0.39 is 5.91 Å². The molecule has 1 saturated heterocycles. The molecule has 5 heteroatoms. The molecule has 0 saturated carbocycles. The number of carbonyl (C=O) groups excluding carboxylic acids is 1. The van der Waals surface area contributed by atoms with Gasteiger partial charge in [0, 0.05) is 18.7 Å². The van der Waals surface area contributed by atoms with Gasteiger partial charge in [0.15, 0.2) is 5.96 Å². The monoisotopic (exact) mass is 260 g/mol. The molecule has 1 aromatic carbocycles. The van der Waals surface area contributed by atoms with Crippen LogP contribution in [0.5, 0.6) is 0 Å². The number of nitrogens with two attached hydrogens (primary N) is 2. The highest BCUT2D eigenvalue weighted by Gasteiger charge is 2.11. The highest BCUT2D eigenvalue weighted by molar-refractivity contribution is 5.92. The number of hydrogen-bond donors (Lipinski definition) is 2. The first-order valence-electron chi connectivity index (χ1n) is 6.60. The standard InChI is InChI=1S/C14H20N4O/c15-13(19)12-6-4-5-11(9-12)10-17-14(16)18-7-2-1-3-8-18/h4-6,9H,1-3,7-8,10H2,(H2,15,19)(H2,16,17). The lowest BCUT2D eigenvalue weighted by atomic mass is 10.1. The van der Waals surface area contributed by atoms with Gasteiger partial charge in [-0.2, -0.15) is 0 Å². The van der Waals surface area contributed by atoms with Gasteiger partial charge in [-0.05, 0) is 37.0 Å². The minimum Gasteiger partial charge on any atom is -0.370 e. The first kappa shape index (κ1) is 13.4. The van der Waals surface area contributed by atoms with E-state index in [1.807, 2.05) is 12.1 Å². The number of carbonyl (C=O) groups is 1. The van der Waals surface area contributed by atoms with Gasteiger partial charge < -0.3 is 16.4 Å². The lowest BCUT2D eigenvalue weighted by Gasteiger charge is -2.27. The Bertz CT molecular complexity index is 478. The van der Waals surface area contributed by atoms with Crippen LogP contribution in [0.4, 0.5) is 0 Å².